The van der Waals surface area contributed by atoms with Crippen molar-refractivity contribution >= 4 is 17.2 Å². The summed E-state index contributed by atoms with van der Waals surface area (Å²) < 4.78 is 4.55. The molecule has 3 N–H and O–H groups in total. The third kappa shape index (κ3) is 6.01. The van der Waals surface area contributed by atoms with Gasteiger partial charge in [0, 0.05) is 0 Å². The number of benzene rings is 2. The molecule has 98 valence electrons. The molecule has 2 aromatic carbocycles. The van der Waals surface area contributed by atoms with E-state index in [1.807, 2.05) is 20.8 Å². The van der Waals surface area contributed by atoms with Gasteiger partial charge in [0.1, 0.15) is 5.60 Å². The quantitative estimate of drug-likeness (QED) is 0.776. The van der Waals surface area contributed by atoms with Crippen LogP contribution in [-0.4, -0.2) is 12.1 Å². The summed E-state index contributed by atoms with van der Waals surface area (Å²) in [5, 5.41) is 2.62. The van der Waals surface area contributed by atoms with E-state index in [-0.39, 0.29) is 11.8 Å². The van der Waals surface area contributed by atoms with E-state index in [1.165, 1.54) is 10.8 Å². The highest BCUT2D eigenvalue weighted by Crippen LogP contribution is 2.11. The lowest BCUT2D eigenvalue weighted by Gasteiger charge is -2.14. The summed E-state index contributed by atoms with van der Waals surface area (Å²) >= 11 is 0. The van der Waals surface area contributed by atoms with Gasteiger partial charge in [0.15, 0.2) is 0 Å². The standard InChI is InChI=1S/C10H8.C5H10O2.H3N/c1-2-6-10-8-4-3-7-9(10)5-1;1-5(2,3)7-4-6;/h1-8H;4H,1-3H3;1H3. The number of fused-ring (bicyclic) bond motifs is 1. The lowest BCUT2D eigenvalue weighted by Crippen LogP contribution is -2.17. The van der Waals surface area contributed by atoms with Crippen molar-refractivity contribution in [2.75, 3.05) is 0 Å². The zero-order valence-electron chi connectivity index (χ0n) is 11.2. The largest absolute Gasteiger partial charge is 0.462 e. The molecule has 3 heteroatoms. The van der Waals surface area contributed by atoms with Crippen LogP contribution in [0.5, 0.6) is 0 Å². The highest BCUT2D eigenvalue weighted by atomic mass is 16.5. The summed E-state index contributed by atoms with van der Waals surface area (Å²) in [4.78, 5) is 9.60. The highest BCUT2D eigenvalue weighted by molar-refractivity contribution is 5.81. The molecule has 2 rings (SSSR count). The summed E-state index contributed by atoms with van der Waals surface area (Å²) in [7, 11) is 0. The van der Waals surface area contributed by atoms with E-state index in [0.29, 0.717) is 6.47 Å². The van der Waals surface area contributed by atoms with Crippen LogP contribution < -0.4 is 6.15 Å². The molecule has 0 aromatic heterocycles. The maximum absolute atomic E-state index is 9.60. The highest BCUT2D eigenvalue weighted by Gasteiger charge is 2.07. The SMILES string of the molecule is CC(C)(C)OC=O.N.c1ccc2ccccc2c1. The molecule has 0 aliphatic carbocycles. The molecule has 0 heterocycles. The Morgan fingerprint density at radius 3 is 1.39 bits per heavy atom. The molecule has 0 radical (unpaired) electrons. The van der Waals surface area contributed by atoms with Crippen LogP contribution in [0.3, 0.4) is 0 Å². The van der Waals surface area contributed by atoms with Crippen LogP contribution in [0.4, 0.5) is 0 Å². The number of hydrogen-bond donors (Lipinski definition) is 1. The summed E-state index contributed by atoms with van der Waals surface area (Å²) in [6.45, 7) is 5.92. The van der Waals surface area contributed by atoms with Crippen LogP contribution in [0.15, 0.2) is 48.5 Å². The van der Waals surface area contributed by atoms with Gasteiger partial charge in [-0.15, -0.1) is 0 Å². The van der Waals surface area contributed by atoms with Crippen molar-refractivity contribution in [1.29, 1.82) is 0 Å². The van der Waals surface area contributed by atoms with Crippen LogP contribution in [0.2, 0.25) is 0 Å². The topological polar surface area (TPSA) is 61.3 Å². The zero-order valence-corrected chi connectivity index (χ0v) is 11.2. The second kappa shape index (κ2) is 7.45. The lowest BCUT2D eigenvalue weighted by molar-refractivity contribution is -0.138. The maximum atomic E-state index is 9.60. The van der Waals surface area contributed by atoms with E-state index < -0.39 is 0 Å². The smallest absolute Gasteiger partial charge is 0.293 e. The minimum Gasteiger partial charge on any atom is -0.462 e. The average Bonchev–Trinajstić information content (AvgIpc) is 2.28. The van der Waals surface area contributed by atoms with Crippen molar-refractivity contribution in [3.8, 4) is 0 Å². The van der Waals surface area contributed by atoms with E-state index in [4.69, 9.17) is 0 Å². The van der Waals surface area contributed by atoms with E-state index in [2.05, 4.69) is 53.3 Å². The minimum atomic E-state index is -0.318. The molecule has 0 bridgehead atoms. The monoisotopic (exact) mass is 247 g/mol. The fourth-order valence-corrected chi connectivity index (χ4v) is 1.28. The van der Waals surface area contributed by atoms with Crippen LogP contribution in [0.25, 0.3) is 10.8 Å². The van der Waals surface area contributed by atoms with Gasteiger partial charge in [0.25, 0.3) is 6.47 Å². The van der Waals surface area contributed by atoms with Crippen molar-refractivity contribution in [1.82, 2.24) is 6.15 Å². The first-order chi connectivity index (χ1) is 8.03. The van der Waals surface area contributed by atoms with Gasteiger partial charge in [0.2, 0.25) is 0 Å². The van der Waals surface area contributed by atoms with E-state index in [1.54, 1.807) is 0 Å². The first-order valence-electron chi connectivity index (χ1n) is 5.58. The molecule has 0 amide bonds. The van der Waals surface area contributed by atoms with E-state index in [0.717, 1.165) is 0 Å². The van der Waals surface area contributed by atoms with Gasteiger partial charge in [-0.3, -0.25) is 4.79 Å². The number of carbonyl (C=O) groups is 1. The molecular weight excluding hydrogens is 226 g/mol. The molecule has 18 heavy (non-hydrogen) atoms. The van der Waals surface area contributed by atoms with Gasteiger partial charge in [0.05, 0.1) is 0 Å². The second-order valence-electron chi connectivity index (χ2n) is 4.67. The van der Waals surface area contributed by atoms with E-state index in [9.17, 15) is 4.79 Å². The summed E-state index contributed by atoms with van der Waals surface area (Å²) in [6, 6.07) is 16.7. The van der Waals surface area contributed by atoms with Crippen molar-refractivity contribution in [2.45, 2.75) is 26.4 Å². The van der Waals surface area contributed by atoms with Gasteiger partial charge in [-0.05, 0) is 31.5 Å². The van der Waals surface area contributed by atoms with Gasteiger partial charge in [-0.1, -0.05) is 48.5 Å². The number of carbonyl (C=O) groups excluding carboxylic acids is 1. The fraction of sp³-hybridized carbons (Fsp3) is 0.267. The Hall–Kier alpha value is -1.87. The van der Waals surface area contributed by atoms with Gasteiger partial charge < -0.3 is 10.9 Å². The molecule has 0 fully saturated rings. The predicted octanol–water partition coefficient (Wildman–Crippen LogP) is 3.96. The van der Waals surface area contributed by atoms with Crippen molar-refractivity contribution in [2.24, 2.45) is 0 Å². The number of rotatable bonds is 1. The first-order valence-corrected chi connectivity index (χ1v) is 5.58. The molecule has 0 aliphatic heterocycles. The molecule has 0 unspecified atom stereocenters. The molecule has 0 saturated carbocycles. The van der Waals surface area contributed by atoms with E-state index >= 15 is 0 Å². The first kappa shape index (κ1) is 16.1. The summed E-state index contributed by atoms with van der Waals surface area (Å²) in [5.74, 6) is 0. The summed E-state index contributed by atoms with van der Waals surface area (Å²) in [5.41, 5.74) is -0.318. The Morgan fingerprint density at radius 1 is 0.889 bits per heavy atom. The third-order valence-electron chi connectivity index (χ3n) is 2.06. The Kier molecular flexibility index (Phi) is 6.68. The van der Waals surface area contributed by atoms with Crippen molar-refractivity contribution in [3.05, 3.63) is 48.5 Å². The molecule has 3 nitrogen and oxygen atoms in total. The van der Waals surface area contributed by atoms with Gasteiger partial charge >= 0.3 is 0 Å². The van der Waals surface area contributed by atoms with Gasteiger partial charge in [-0.25, -0.2) is 0 Å². The average molecular weight is 247 g/mol. The Balaban J connectivity index is 0.000000326. The molecule has 0 atom stereocenters. The third-order valence-corrected chi connectivity index (χ3v) is 2.06. The lowest BCUT2D eigenvalue weighted by atomic mass is 10.1. The van der Waals surface area contributed by atoms with Crippen LogP contribution in [-0.2, 0) is 9.53 Å². The number of ether oxygens (including phenoxy) is 1. The van der Waals surface area contributed by atoms with Gasteiger partial charge in [-0.2, -0.15) is 0 Å². The van der Waals surface area contributed by atoms with Crippen LogP contribution >= 0.6 is 0 Å². The maximum Gasteiger partial charge on any atom is 0.293 e. The molecule has 0 saturated heterocycles. The number of hydrogen-bond acceptors (Lipinski definition) is 3. The minimum absolute atomic E-state index is 0. The van der Waals surface area contributed by atoms with Crippen molar-refractivity contribution < 1.29 is 9.53 Å². The summed E-state index contributed by atoms with van der Waals surface area (Å²) in [6.07, 6.45) is 0. The molecular formula is C15H21NO2. The molecule has 0 aliphatic rings. The second-order valence-corrected chi connectivity index (χ2v) is 4.67. The Morgan fingerprint density at radius 2 is 1.22 bits per heavy atom. The fourth-order valence-electron chi connectivity index (χ4n) is 1.28. The van der Waals surface area contributed by atoms with Crippen molar-refractivity contribution in [3.63, 3.8) is 0 Å². The normalized spacial score (nSPS) is 9.72. The molecule has 0 spiro atoms. The predicted molar refractivity (Wildman–Crippen MR) is 75.9 cm³/mol. The Bertz CT molecular complexity index is 410. The van der Waals surface area contributed by atoms with Crippen LogP contribution in [0.1, 0.15) is 20.8 Å². The zero-order chi connectivity index (χ0) is 12.7. The van der Waals surface area contributed by atoms with Crippen LogP contribution in [0, 0.1) is 0 Å². The Labute approximate surface area is 108 Å². The molecule has 2 aromatic rings.